The first-order valence-corrected chi connectivity index (χ1v) is 3.96. The van der Waals surface area contributed by atoms with Gasteiger partial charge in [-0.25, -0.2) is 0 Å². The van der Waals surface area contributed by atoms with Crippen molar-refractivity contribution in [3.8, 4) is 0 Å². The summed E-state index contributed by atoms with van der Waals surface area (Å²) >= 11 is 0. The second-order valence-electron chi connectivity index (χ2n) is 2.60. The van der Waals surface area contributed by atoms with Crippen molar-refractivity contribution in [2.24, 2.45) is 5.92 Å². The Hall–Kier alpha value is 1.15. The van der Waals surface area contributed by atoms with Gasteiger partial charge in [0.1, 0.15) is 0 Å². The van der Waals surface area contributed by atoms with Crippen LogP contribution in [0.1, 0.15) is 39.5 Å². The summed E-state index contributed by atoms with van der Waals surface area (Å²) in [7, 11) is 0. The third-order valence-electron chi connectivity index (χ3n) is 1.80. The van der Waals surface area contributed by atoms with E-state index in [9.17, 15) is 0 Å². The molecule has 0 spiro atoms. The van der Waals surface area contributed by atoms with Crippen LogP contribution in [0.4, 0.5) is 0 Å². The van der Waals surface area contributed by atoms with Crippen LogP contribution < -0.4 is 0 Å². The average Bonchev–Trinajstić information content (AvgIpc) is 1.91. The fourth-order valence-electron chi connectivity index (χ4n) is 0.917. The van der Waals surface area contributed by atoms with Crippen LogP contribution in [0.15, 0.2) is 0 Å². The Kier molecular flexibility index (Phi) is 13.9. The fourth-order valence-corrected chi connectivity index (χ4v) is 0.917. The third kappa shape index (κ3) is 7.26. The molecular weight excluding hydrogens is 251 g/mol. The molecule has 1 N–H and O–H groups in total. The zero-order chi connectivity index (χ0) is 7.11. The largest absolute Gasteiger partial charge is 0.396 e. The first kappa shape index (κ1) is 13.7. The minimum atomic E-state index is 0. The van der Waals surface area contributed by atoms with Crippen molar-refractivity contribution < 1.29 is 40.7 Å². The number of unbranched alkanes of at least 4 members (excludes halogenated alkanes) is 1. The van der Waals surface area contributed by atoms with Gasteiger partial charge in [-0.2, -0.15) is 0 Å². The van der Waals surface area contributed by atoms with Crippen LogP contribution in [-0.4, -0.2) is 11.7 Å². The van der Waals surface area contributed by atoms with Crippen molar-refractivity contribution >= 4 is 0 Å². The van der Waals surface area contributed by atoms with Gasteiger partial charge in [0, 0.05) is 42.2 Å². The van der Waals surface area contributed by atoms with Gasteiger partial charge in [-0.05, 0) is 12.3 Å². The first-order chi connectivity index (χ1) is 4.35. The van der Waals surface area contributed by atoms with Gasteiger partial charge in [-0.3, -0.25) is 0 Å². The molecule has 1 unspecified atom stereocenters. The molecule has 0 aromatic heterocycles. The number of rotatable bonds is 5. The van der Waals surface area contributed by atoms with E-state index in [-0.39, 0.29) is 35.6 Å². The van der Waals surface area contributed by atoms with E-state index in [2.05, 4.69) is 13.8 Å². The summed E-state index contributed by atoms with van der Waals surface area (Å²) in [6.07, 6.45) is 4.83. The van der Waals surface area contributed by atoms with Crippen molar-refractivity contribution in [2.45, 2.75) is 39.5 Å². The first-order valence-electron chi connectivity index (χ1n) is 3.96. The summed E-state index contributed by atoms with van der Waals surface area (Å²) in [5, 5.41) is 8.75. The molecule has 1 atom stereocenters. The van der Waals surface area contributed by atoms with E-state index in [1.807, 2.05) is 0 Å². The smallest absolute Gasteiger partial charge is 0.0459 e. The van der Waals surface area contributed by atoms with Crippen LogP contribution in [0, 0.1) is 41.5 Å². The molecule has 0 saturated carbocycles. The third-order valence-corrected chi connectivity index (χ3v) is 1.80. The molecule has 0 bridgehead atoms. The van der Waals surface area contributed by atoms with Crippen LogP contribution in [0.5, 0.6) is 0 Å². The molecule has 0 aliphatic carbocycles. The summed E-state index contributed by atoms with van der Waals surface area (Å²) in [5.41, 5.74) is 0. The molecule has 0 fully saturated rings. The molecule has 0 aliphatic rings. The molecule has 0 rings (SSSR count). The minimum Gasteiger partial charge on any atom is -0.396 e. The quantitative estimate of drug-likeness (QED) is 0.811. The van der Waals surface area contributed by atoms with Gasteiger partial charge >= 0.3 is 0 Å². The summed E-state index contributed by atoms with van der Waals surface area (Å²) in [4.78, 5) is 0. The van der Waals surface area contributed by atoms with Gasteiger partial charge in [0.25, 0.3) is 0 Å². The molecule has 0 aliphatic heterocycles. The van der Waals surface area contributed by atoms with Crippen LogP contribution in [0.2, 0.25) is 0 Å². The van der Waals surface area contributed by atoms with E-state index in [1.54, 1.807) is 0 Å². The van der Waals surface area contributed by atoms with Crippen LogP contribution in [-0.2, 0) is 0 Å². The summed E-state index contributed by atoms with van der Waals surface area (Å²) in [5.74, 6) is 0.560. The second kappa shape index (κ2) is 10.2. The van der Waals surface area contributed by atoms with E-state index in [4.69, 9.17) is 5.11 Å². The summed E-state index contributed by atoms with van der Waals surface area (Å²) in [6, 6.07) is 0. The number of aliphatic hydroxyl groups excluding tert-OH is 1. The molecule has 1 radical (unpaired) electrons. The van der Waals surface area contributed by atoms with E-state index < -0.39 is 0 Å². The number of aliphatic hydroxyl groups is 1. The van der Waals surface area contributed by atoms with Crippen molar-refractivity contribution in [3.63, 3.8) is 0 Å². The van der Waals surface area contributed by atoms with Crippen molar-refractivity contribution in [1.82, 2.24) is 0 Å². The maximum absolute atomic E-state index is 8.75. The Labute approximate surface area is 92.2 Å². The molecule has 2 heteroatoms. The molecule has 10 heavy (non-hydrogen) atoms. The second-order valence-corrected chi connectivity index (χ2v) is 2.60. The topological polar surface area (TPSA) is 20.2 Å². The molecule has 0 amide bonds. The normalized spacial score (nSPS) is 12.3. The molecule has 0 aromatic rings. The number of hydrogen-bond acceptors (Lipinski definition) is 1. The Morgan fingerprint density at radius 3 is 2.20 bits per heavy atom. The number of hydrogen-bond donors (Lipinski definition) is 1. The van der Waals surface area contributed by atoms with E-state index in [0.717, 1.165) is 6.42 Å². The van der Waals surface area contributed by atoms with Gasteiger partial charge in [-0.15, -0.1) is 0 Å². The monoisotopic (exact) mass is 269 g/mol. The van der Waals surface area contributed by atoms with Gasteiger partial charge < -0.3 is 5.11 Å². The molecule has 0 aromatic carbocycles. The van der Waals surface area contributed by atoms with Gasteiger partial charge in [0.15, 0.2) is 0 Å². The van der Waals surface area contributed by atoms with E-state index in [1.165, 1.54) is 19.3 Å². The zero-order valence-electron chi connectivity index (χ0n) is 7.14. The molecule has 0 heterocycles. The van der Waals surface area contributed by atoms with Crippen molar-refractivity contribution in [2.75, 3.05) is 6.61 Å². The van der Waals surface area contributed by atoms with Gasteiger partial charge in [-0.1, -0.05) is 33.1 Å². The van der Waals surface area contributed by atoms with Crippen molar-refractivity contribution in [1.29, 1.82) is 0 Å². The van der Waals surface area contributed by atoms with Crippen LogP contribution in [0.3, 0.4) is 0 Å². The van der Waals surface area contributed by atoms with Gasteiger partial charge in [0.2, 0.25) is 0 Å². The maximum Gasteiger partial charge on any atom is 0.0459 e. The Balaban J connectivity index is 0. The Morgan fingerprint density at radius 1 is 1.30 bits per heavy atom. The zero-order valence-corrected chi connectivity index (χ0v) is 10.8. The predicted octanol–water partition coefficient (Wildman–Crippen LogP) is 2.20. The minimum absolute atomic E-state index is 0. The SMILES string of the molecule is CCCCC(CC)CO.[La]. The molecule has 59 valence electrons. The fraction of sp³-hybridized carbons (Fsp3) is 1.00. The van der Waals surface area contributed by atoms with E-state index >= 15 is 0 Å². The predicted molar refractivity (Wildman–Crippen MR) is 40.4 cm³/mol. The molecular formula is C8H18LaO. The summed E-state index contributed by atoms with van der Waals surface area (Å²) in [6.45, 7) is 4.69. The molecule has 0 saturated heterocycles. The van der Waals surface area contributed by atoms with Gasteiger partial charge in [0.05, 0.1) is 0 Å². The van der Waals surface area contributed by atoms with E-state index in [0.29, 0.717) is 12.5 Å². The van der Waals surface area contributed by atoms with Crippen molar-refractivity contribution in [3.05, 3.63) is 0 Å². The standard InChI is InChI=1S/C8H18O.La/c1-3-5-6-8(4-2)7-9;/h8-9H,3-7H2,1-2H3;. The average molecular weight is 269 g/mol. The summed E-state index contributed by atoms with van der Waals surface area (Å²) < 4.78 is 0. The Morgan fingerprint density at radius 2 is 1.90 bits per heavy atom. The molecule has 1 nitrogen and oxygen atoms in total. The Bertz CT molecular complexity index is 53.2. The van der Waals surface area contributed by atoms with Crippen LogP contribution in [0.25, 0.3) is 0 Å². The maximum atomic E-state index is 8.75. The van der Waals surface area contributed by atoms with Crippen LogP contribution >= 0.6 is 0 Å².